The smallest absolute Gasteiger partial charge is 0.289 e. The van der Waals surface area contributed by atoms with E-state index in [-0.39, 0.29) is 29.9 Å². The minimum atomic E-state index is -0.0345. The van der Waals surface area contributed by atoms with Crippen LogP contribution in [0.3, 0.4) is 0 Å². The van der Waals surface area contributed by atoms with Crippen LogP contribution in [0.2, 0.25) is 0 Å². The number of amides is 1. The number of hydrogen-bond donors (Lipinski definition) is 1. The van der Waals surface area contributed by atoms with Gasteiger partial charge in [-0.1, -0.05) is 0 Å². The third kappa shape index (κ3) is 6.21. The molecule has 0 radical (unpaired) electrons. The van der Waals surface area contributed by atoms with E-state index in [9.17, 15) is 4.79 Å². The van der Waals surface area contributed by atoms with Gasteiger partial charge in [-0.2, -0.15) is 0 Å². The van der Waals surface area contributed by atoms with Crippen molar-refractivity contribution in [1.29, 1.82) is 0 Å². The van der Waals surface area contributed by atoms with Crippen LogP contribution in [0.25, 0.3) is 0 Å². The van der Waals surface area contributed by atoms with Crippen LogP contribution in [-0.2, 0) is 19.3 Å². The van der Waals surface area contributed by atoms with Crippen molar-refractivity contribution in [3.05, 3.63) is 39.7 Å². The van der Waals surface area contributed by atoms with Crippen LogP contribution >= 0.6 is 35.3 Å². The highest BCUT2D eigenvalue weighted by Crippen LogP contribution is 2.27. The standard InChI is InChI=1S/C22H31N5O2S.HI/c1-2-23-22(24-11-5-10-20-25-17-7-3-4-9-19(17)30-20)27-14-12-26(13-15-27)21(28)18-8-6-16-29-18;/h6,8,16H,2-5,7,9-15H2,1H3,(H,23,24);1H. The number of piperazine rings is 1. The lowest BCUT2D eigenvalue weighted by atomic mass is 10.0. The monoisotopic (exact) mass is 557 g/mol. The predicted molar refractivity (Wildman–Crippen MR) is 135 cm³/mol. The van der Waals surface area contributed by atoms with Gasteiger partial charge in [0.25, 0.3) is 5.91 Å². The van der Waals surface area contributed by atoms with E-state index < -0.39 is 0 Å². The molecular formula is C22H32IN5O2S. The highest BCUT2D eigenvalue weighted by Gasteiger charge is 2.25. The summed E-state index contributed by atoms with van der Waals surface area (Å²) in [4.78, 5) is 27.7. The highest BCUT2D eigenvalue weighted by atomic mass is 127. The average Bonchev–Trinajstić information content (AvgIpc) is 3.45. The van der Waals surface area contributed by atoms with Crippen molar-refractivity contribution in [3.63, 3.8) is 0 Å². The predicted octanol–water partition coefficient (Wildman–Crippen LogP) is 3.59. The number of furan rings is 1. The lowest BCUT2D eigenvalue weighted by molar-refractivity contribution is 0.0657. The molecule has 2 aromatic rings. The minimum absolute atomic E-state index is 0. The van der Waals surface area contributed by atoms with Crippen LogP contribution in [0.4, 0.5) is 0 Å². The topological polar surface area (TPSA) is 74.0 Å². The zero-order chi connectivity index (χ0) is 20.8. The van der Waals surface area contributed by atoms with E-state index in [4.69, 9.17) is 14.4 Å². The fraction of sp³-hybridized carbons (Fsp3) is 0.591. The molecule has 7 nitrogen and oxygen atoms in total. The number of aromatic nitrogens is 1. The summed E-state index contributed by atoms with van der Waals surface area (Å²) >= 11 is 1.90. The van der Waals surface area contributed by atoms with Crippen LogP contribution < -0.4 is 5.32 Å². The van der Waals surface area contributed by atoms with Gasteiger partial charge in [0.1, 0.15) is 0 Å². The van der Waals surface area contributed by atoms with Gasteiger partial charge in [0.05, 0.1) is 17.0 Å². The van der Waals surface area contributed by atoms with Crippen molar-refractivity contribution in [2.45, 2.75) is 45.4 Å². The number of carbonyl (C=O) groups is 1. The zero-order valence-electron chi connectivity index (χ0n) is 18.1. The second-order valence-corrected chi connectivity index (χ2v) is 8.95. The third-order valence-electron chi connectivity index (χ3n) is 5.63. The third-order valence-corrected chi connectivity index (χ3v) is 6.85. The summed E-state index contributed by atoms with van der Waals surface area (Å²) in [5.74, 6) is 1.32. The number of nitrogens with one attached hydrogen (secondary N) is 1. The summed E-state index contributed by atoms with van der Waals surface area (Å²) in [6.07, 6.45) is 8.52. The summed E-state index contributed by atoms with van der Waals surface area (Å²) in [6, 6.07) is 3.47. The number of nitrogens with zero attached hydrogens (tertiary/aromatic N) is 4. The summed E-state index contributed by atoms with van der Waals surface area (Å²) in [6.45, 7) is 6.62. The van der Waals surface area contributed by atoms with E-state index in [1.165, 1.54) is 34.8 Å². The number of rotatable bonds is 6. The number of guanidine groups is 1. The van der Waals surface area contributed by atoms with Gasteiger partial charge in [-0.05, 0) is 51.2 Å². The van der Waals surface area contributed by atoms with E-state index in [0.29, 0.717) is 18.8 Å². The van der Waals surface area contributed by atoms with Gasteiger partial charge in [0.15, 0.2) is 11.7 Å². The SMILES string of the molecule is CCNC(=NCCCc1nc2c(s1)CCCC2)N1CCN(C(=O)c2ccco2)CC1.I. The average molecular weight is 558 g/mol. The van der Waals surface area contributed by atoms with Crippen molar-refractivity contribution in [1.82, 2.24) is 20.1 Å². The Labute approximate surface area is 205 Å². The first-order valence-electron chi connectivity index (χ1n) is 11.1. The Morgan fingerprint density at radius 2 is 2.00 bits per heavy atom. The fourth-order valence-electron chi connectivity index (χ4n) is 4.03. The molecule has 0 unspecified atom stereocenters. The molecular weight excluding hydrogens is 525 g/mol. The van der Waals surface area contributed by atoms with Crippen LogP contribution in [0, 0.1) is 0 Å². The Morgan fingerprint density at radius 1 is 1.23 bits per heavy atom. The largest absolute Gasteiger partial charge is 0.459 e. The van der Waals surface area contributed by atoms with Crippen molar-refractivity contribution in [2.24, 2.45) is 4.99 Å². The number of thiazole rings is 1. The van der Waals surface area contributed by atoms with Gasteiger partial charge >= 0.3 is 0 Å². The normalized spacial score (nSPS) is 16.6. The molecule has 3 heterocycles. The van der Waals surface area contributed by atoms with Gasteiger partial charge in [0, 0.05) is 50.6 Å². The van der Waals surface area contributed by atoms with Gasteiger partial charge in [-0.25, -0.2) is 4.98 Å². The van der Waals surface area contributed by atoms with Crippen molar-refractivity contribution in [3.8, 4) is 0 Å². The molecule has 1 amide bonds. The first kappa shape index (κ1) is 24.0. The molecule has 0 aromatic carbocycles. The quantitative estimate of drug-likeness (QED) is 0.255. The molecule has 1 saturated heterocycles. The lowest BCUT2D eigenvalue weighted by Gasteiger charge is -2.36. The molecule has 0 bridgehead atoms. The van der Waals surface area contributed by atoms with Gasteiger partial charge in [-0.15, -0.1) is 35.3 Å². The number of halogens is 1. The van der Waals surface area contributed by atoms with E-state index in [0.717, 1.165) is 51.4 Å². The van der Waals surface area contributed by atoms with E-state index >= 15 is 0 Å². The van der Waals surface area contributed by atoms with Crippen LogP contribution in [0.5, 0.6) is 0 Å². The summed E-state index contributed by atoms with van der Waals surface area (Å²) in [5.41, 5.74) is 1.35. The zero-order valence-corrected chi connectivity index (χ0v) is 21.3. The molecule has 31 heavy (non-hydrogen) atoms. The molecule has 2 aliphatic rings. The molecule has 170 valence electrons. The Kier molecular flexibility index (Phi) is 9.18. The van der Waals surface area contributed by atoms with Crippen molar-refractivity contribution < 1.29 is 9.21 Å². The number of carbonyl (C=O) groups excluding carboxylic acids is 1. The molecule has 1 fully saturated rings. The second-order valence-electron chi connectivity index (χ2n) is 7.78. The second kappa shape index (κ2) is 11.8. The van der Waals surface area contributed by atoms with Crippen molar-refractivity contribution in [2.75, 3.05) is 39.3 Å². The summed E-state index contributed by atoms with van der Waals surface area (Å²) in [7, 11) is 0. The number of aliphatic imine (C=N–C) groups is 1. The fourth-order valence-corrected chi connectivity index (χ4v) is 5.23. The van der Waals surface area contributed by atoms with Gasteiger partial charge in [-0.3, -0.25) is 9.79 Å². The molecule has 1 aliphatic heterocycles. The minimum Gasteiger partial charge on any atom is -0.459 e. The van der Waals surface area contributed by atoms with Gasteiger partial charge in [0.2, 0.25) is 0 Å². The van der Waals surface area contributed by atoms with E-state index in [1.807, 2.05) is 16.2 Å². The van der Waals surface area contributed by atoms with Crippen molar-refractivity contribution >= 4 is 47.2 Å². The molecule has 1 N–H and O–H groups in total. The molecule has 4 rings (SSSR count). The molecule has 2 aromatic heterocycles. The first-order chi connectivity index (χ1) is 14.7. The molecule has 0 saturated carbocycles. The van der Waals surface area contributed by atoms with E-state index in [1.54, 1.807) is 18.4 Å². The summed E-state index contributed by atoms with van der Waals surface area (Å²) in [5, 5.41) is 4.67. The van der Waals surface area contributed by atoms with Crippen LogP contribution in [0.1, 0.15) is 52.3 Å². The Balaban J connectivity index is 0.00000272. The highest BCUT2D eigenvalue weighted by molar-refractivity contribution is 14.0. The van der Waals surface area contributed by atoms with Crippen LogP contribution in [-0.4, -0.2) is 65.9 Å². The maximum atomic E-state index is 12.4. The summed E-state index contributed by atoms with van der Waals surface area (Å²) < 4.78 is 5.24. The van der Waals surface area contributed by atoms with Gasteiger partial charge < -0.3 is 19.5 Å². The molecule has 9 heteroatoms. The molecule has 1 aliphatic carbocycles. The Bertz CT molecular complexity index is 836. The maximum absolute atomic E-state index is 12.4. The van der Waals surface area contributed by atoms with Crippen LogP contribution in [0.15, 0.2) is 27.8 Å². The maximum Gasteiger partial charge on any atom is 0.289 e. The Hall–Kier alpha value is -1.62. The van der Waals surface area contributed by atoms with E-state index in [2.05, 4.69) is 17.1 Å². The first-order valence-corrected chi connectivity index (χ1v) is 11.9. The molecule has 0 atom stereocenters. The number of hydrogen-bond acceptors (Lipinski definition) is 5. The number of aryl methyl sites for hydroxylation is 3. The lowest BCUT2D eigenvalue weighted by Crippen LogP contribution is -2.53. The molecule has 0 spiro atoms. The number of fused-ring (bicyclic) bond motifs is 1. The Morgan fingerprint density at radius 3 is 2.71 bits per heavy atom.